The summed E-state index contributed by atoms with van der Waals surface area (Å²) in [5.74, 6) is 0.725. The fourth-order valence-corrected chi connectivity index (χ4v) is 4.10. The Morgan fingerprint density at radius 1 is 1.03 bits per heavy atom. The van der Waals surface area contributed by atoms with Crippen molar-refractivity contribution in [3.05, 3.63) is 48.0 Å². The molecule has 3 rings (SSSR count). The van der Waals surface area contributed by atoms with E-state index in [2.05, 4.69) is 0 Å². The maximum Gasteiger partial charge on any atom is 0.340 e. The van der Waals surface area contributed by atoms with Gasteiger partial charge in [0.25, 0.3) is 0 Å². The summed E-state index contributed by atoms with van der Waals surface area (Å²) in [6, 6.07) is 11.6. The summed E-state index contributed by atoms with van der Waals surface area (Å²) >= 11 is 0. The van der Waals surface area contributed by atoms with Crippen LogP contribution in [-0.4, -0.2) is 79.4 Å². The second-order valence-corrected chi connectivity index (χ2v) is 9.38. The summed E-state index contributed by atoms with van der Waals surface area (Å²) in [4.78, 5) is 14.9. The van der Waals surface area contributed by atoms with Crippen molar-refractivity contribution in [2.45, 2.75) is 4.90 Å². The molecular formula is C22H28N2O7S. The monoisotopic (exact) mass is 464 g/mol. The molecule has 0 aromatic heterocycles. The van der Waals surface area contributed by atoms with E-state index in [9.17, 15) is 13.2 Å². The summed E-state index contributed by atoms with van der Waals surface area (Å²) in [6.07, 6.45) is 0. The fraction of sp³-hybridized carbons (Fsp3) is 0.409. The van der Waals surface area contributed by atoms with Crippen LogP contribution in [0.3, 0.4) is 0 Å². The Kier molecular flexibility index (Phi) is 7.94. The average Bonchev–Trinajstić information content (AvgIpc) is 2.82. The van der Waals surface area contributed by atoms with E-state index in [4.69, 9.17) is 18.9 Å². The van der Waals surface area contributed by atoms with Crippen LogP contribution < -0.4 is 14.4 Å². The van der Waals surface area contributed by atoms with E-state index in [1.807, 2.05) is 4.90 Å². The number of hydrogen-bond donors (Lipinski definition) is 0. The first kappa shape index (κ1) is 23.8. The van der Waals surface area contributed by atoms with Crippen LogP contribution in [0.1, 0.15) is 10.4 Å². The summed E-state index contributed by atoms with van der Waals surface area (Å²) in [7, 11) is 0.771. The van der Waals surface area contributed by atoms with Gasteiger partial charge in [0.1, 0.15) is 24.7 Å². The number of anilines is 1. The van der Waals surface area contributed by atoms with Crippen LogP contribution in [-0.2, 0) is 19.5 Å². The van der Waals surface area contributed by atoms with Crippen molar-refractivity contribution < 1.29 is 32.2 Å². The summed E-state index contributed by atoms with van der Waals surface area (Å²) in [5, 5.41) is 0. The van der Waals surface area contributed by atoms with E-state index < -0.39 is 16.0 Å². The first-order valence-electron chi connectivity index (χ1n) is 10.2. The molecule has 0 unspecified atom stereocenters. The molecule has 32 heavy (non-hydrogen) atoms. The van der Waals surface area contributed by atoms with Gasteiger partial charge in [0.2, 0.25) is 10.0 Å². The van der Waals surface area contributed by atoms with Crippen molar-refractivity contribution >= 4 is 21.7 Å². The van der Waals surface area contributed by atoms with E-state index in [1.54, 1.807) is 37.4 Å². The van der Waals surface area contributed by atoms with Crippen molar-refractivity contribution in [3.63, 3.8) is 0 Å². The van der Waals surface area contributed by atoms with Crippen molar-refractivity contribution in [1.29, 1.82) is 0 Å². The highest BCUT2D eigenvalue weighted by Crippen LogP contribution is 2.27. The van der Waals surface area contributed by atoms with Gasteiger partial charge in [-0.25, -0.2) is 17.5 Å². The number of ether oxygens (including phenoxy) is 4. The molecule has 10 heteroatoms. The summed E-state index contributed by atoms with van der Waals surface area (Å²) in [5.41, 5.74) is 0.811. The molecule has 0 saturated carbocycles. The number of benzene rings is 2. The number of morpholine rings is 1. The maximum absolute atomic E-state index is 12.9. The lowest BCUT2D eigenvalue weighted by Crippen LogP contribution is -2.37. The number of rotatable bonds is 9. The summed E-state index contributed by atoms with van der Waals surface area (Å²) < 4.78 is 47.7. The smallest absolute Gasteiger partial charge is 0.340 e. The molecule has 0 amide bonds. The normalized spacial score (nSPS) is 14.3. The van der Waals surface area contributed by atoms with Gasteiger partial charge in [0.15, 0.2) is 0 Å². The van der Waals surface area contributed by atoms with Gasteiger partial charge < -0.3 is 23.8 Å². The molecular weight excluding hydrogens is 436 g/mol. The highest BCUT2D eigenvalue weighted by Gasteiger charge is 2.25. The molecule has 2 aromatic carbocycles. The molecule has 0 spiro atoms. The van der Waals surface area contributed by atoms with Crippen LogP contribution in [0, 0.1) is 0 Å². The third-order valence-corrected chi connectivity index (χ3v) is 6.77. The molecule has 0 radical (unpaired) electrons. The second kappa shape index (κ2) is 10.7. The maximum atomic E-state index is 12.9. The Balaban J connectivity index is 1.72. The number of methoxy groups -OCH3 is 1. The average molecular weight is 465 g/mol. The minimum Gasteiger partial charge on any atom is -0.497 e. The van der Waals surface area contributed by atoms with Crippen molar-refractivity contribution in [2.24, 2.45) is 0 Å². The SMILES string of the molecule is COc1ccc(OCCOC(=O)c2cc(S(=O)(=O)N(C)C)ccc2N2CCOCC2)cc1. The predicted molar refractivity (Wildman–Crippen MR) is 119 cm³/mol. The van der Waals surface area contributed by atoms with Crippen LogP contribution in [0.25, 0.3) is 0 Å². The lowest BCUT2D eigenvalue weighted by Gasteiger charge is -2.30. The topological polar surface area (TPSA) is 94.6 Å². The Hall–Kier alpha value is -2.82. The standard InChI is InChI=1S/C22H28N2O7S/c1-23(2)32(26,27)19-8-9-21(24-10-12-29-13-11-24)20(16-19)22(25)31-15-14-30-18-6-4-17(28-3)5-7-18/h4-9,16H,10-15H2,1-3H3. The highest BCUT2D eigenvalue weighted by molar-refractivity contribution is 7.89. The van der Waals surface area contributed by atoms with Crippen molar-refractivity contribution in [3.8, 4) is 11.5 Å². The second-order valence-electron chi connectivity index (χ2n) is 7.23. The molecule has 1 heterocycles. The van der Waals surface area contributed by atoms with Gasteiger partial charge in [-0.3, -0.25) is 0 Å². The van der Waals surface area contributed by atoms with Crippen LogP contribution in [0.2, 0.25) is 0 Å². The zero-order valence-corrected chi connectivity index (χ0v) is 19.3. The Morgan fingerprint density at radius 3 is 2.31 bits per heavy atom. The van der Waals surface area contributed by atoms with Crippen LogP contribution in [0.5, 0.6) is 11.5 Å². The summed E-state index contributed by atoms with van der Waals surface area (Å²) in [6.45, 7) is 2.42. The molecule has 174 valence electrons. The van der Waals surface area contributed by atoms with E-state index >= 15 is 0 Å². The molecule has 2 aromatic rings. The van der Waals surface area contributed by atoms with Gasteiger partial charge in [0, 0.05) is 27.2 Å². The van der Waals surface area contributed by atoms with Gasteiger partial charge in [0.05, 0.1) is 36.5 Å². The molecule has 1 saturated heterocycles. The lowest BCUT2D eigenvalue weighted by atomic mass is 10.1. The highest BCUT2D eigenvalue weighted by atomic mass is 32.2. The van der Waals surface area contributed by atoms with E-state index in [1.165, 1.54) is 26.2 Å². The van der Waals surface area contributed by atoms with Crippen molar-refractivity contribution in [2.75, 3.05) is 65.6 Å². The molecule has 1 aliphatic heterocycles. The molecule has 9 nitrogen and oxygen atoms in total. The number of sulfonamides is 1. The number of esters is 1. The van der Waals surface area contributed by atoms with Crippen LogP contribution in [0.4, 0.5) is 5.69 Å². The third-order valence-electron chi connectivity index (χ3n) is 4.96. The molecule has 0 aliphatic carbocycles. The predicted octanol–water partition coefficient (Wildman–Crippen LogP) is 2.02. The molecule has 1 fully saturated rings. The number of nitrogens with zero attached hydrogens (tertiary/aromatic N) is 2. The van der Waals surface area contributed by atoms with Gasteiger partial charge in [-0.05, 0) is 42.5 Å². The van der Waals surface area contributed by atoms with Crippen molar-refractivity contribution in [1.82, 2.24) is 4.31 Å². The largest absolute Gasteiger partial charge is 0.497 e. The number of hydrogen-bond acceptors (Lipinski definition) is 8. The lowest BCUT2D eigenvalue weighted by molar-refractivity contribution is 0.0450. The van der Waals surface area contributed by atoms with Gasteiger partial charge in [-0.1, -0.05) is 0 Å². The van der Waals surface area contributed by atoms with E-state index in [-0.39, 0.29) is 23.7 Å². The molecule has 0 bridgehead atoms. The molecule has 0 N–H and O–H groups in total. The molecule has 1 aliphatic rings. The van der Waals surface area contributed by atoms with Gasteiger partial charge >= 0.3 is 5.97 Å². The Morgan fingerprint density at radius 2 is 1.69 bits per heavy atom. The minimum atomic E-state index is -3.70. The van der Waals surface area contributed by atoms with Crippen LogP contribution >= 0.6 is 0 Å². The number of carbonyl (C=O) groups is 1. The fourth-order valence-electron chi connectivity index (χ4n) is 3.17. The zero-order chi connectivity index (χ0) is 23.1. The Labute approximate surface area is 188 Å². The first-order chi connectivity index (χ1) is 15.3. The third kappa shape index (κ3) is 5.70. The Bertz CT molecular complexity index is 1020. The van der Waals surface area contributed by atoms with Gasteiger partial charge in [-0.2, -0.15) is 0 Å². The van der Waals surface area contributed by atoms with Crippen LogP contribution in [0.15, 0.2) is 47.4 Å². The first-order valence-corrected chi connectivity index (χ1v) is 11.6. The van der Waals surface area contributed by atoms with E-state index in [0.29, 0.717) is 43.5 Å². The quantitative estimate of drug-likeness (QED) is 0.411. The number of carbonyl (C=O) groups excluding carboxylic acids is 1. The van der Waals surface area contributed by atoms with E-state index in [0.717, 1.165) is 4.31 Å². The molecule has 0 atom stereocenters. The van der Waals surface area contributed by atoms with Gasteiger partial charge in [-0.15, -0.1) is 0 Å². The minimum absolute atomic E-state index is 0.0120. The zero-order valence-electron chi connectivity index (χ0n) is 18.4.